The van der Waals surface area contributed by atoms with Crippen molar-refractivity contribution in [1.29, 1.82) is 0 Å². The van der Waals surface area contributed by atoms with Crippen LogP contribution in [-0.2, 0) is 12.7 Å². The molecule has 0 radical (unpaired) electrons. The second-order valence-corrected chi connectivity index (χ2v) is 9.21. The number of aromatic nitrogens is 3. The lowest BCUT2D eigenvalue weighted by Crippen LogP contribution is -2.29. The Morgan fingerprint density at radius 3 is 2.53 bits per heavy atom. The summed E-state index contributed by atoms with van der Waals surface area (Å²) < 4.78 is 42.1. The van der Waals surface area contributed by atoms with Crippen LogP contribution in [0.4, 0.5) is 13.2 Å². The van der Waals surface area contributed by atoms with Crippen LogP contribution in [0, 0.1) is 13.8 Å². The van der Waals surface area contributed by atoms with Crippen LogP contribution >= 0.6 is 12.2 Å². The topological polar surface area (TPSA) is 46.0 Å². The van der Waals surface area contributed by atoms with Gasteiger partial charge < -0.3 is 14.8 Å². The van der Waals surface area contributed by atoms with Gasteiger partial charge >= 0.3 is 6.18 Å². The third-order valence-electron chi connectivity index (χ3n) is 6.49. The van der Waals surface area contributed by atoms with Crippen molar-refractivity contribution < 1.29 is 13.2 Å². The van der Waals surface area contributed by atoms with E-state index in [1.807, 2.05) is 54.8 Å². The molecule has 0 aliphatic carbocycles. The number of benzene rings is 1. The summed E-state index contributed by atoms with van der Waals surface area (Å²) in [6.45, 7) is 4.36. The summed E-state index contributed by atoms with van der Waals surface area (Å²) in [5, 5.41) is 4.02. The van der Waals surface area contributed by atoms with Gasteiger partial charge in [0, 0.05) is 42.2 Å². The first-order valence-electron chi connectivity index (χ1n) is 11.5. The molecule has 1 aliphatic rings. The van der Waals surface area contributed by atoms with Crippen LogP contribution in [0.1, 0.15) is 45.9 Å². The summed E-state index contributed by atoms with van der Waals surface area (Å²) in [4.78, 5) is 10.9. The number of hydrogen-bond acceptors (Lipinski definition) is 3. The Hall–Kier alpha value is -3.72. The predicted octanol–water partition coefficient (Wildman–Crippen LogP) is 6.08. The quantitative estimate of drug-likeness (QED) is 0.332. The molecule has 5 rings (SSSR count). The SMILES string of the molecule is Cc1cc([C@H]2[C@H](c3ccccn3)NC(=S)N2Cc2cccnc2)c(C)n1-c1cccc(C(F)(F)F)c1. The molecule has 1 aromatic carbocycles. The van der Waals surface area contributed by atoms with E-state index in [4.69, 9.17) is 12.2 Å². The van der Waals surface area contributed by atoms with E-state index >= 15 is 0 Å². The molecule has 5 nitrogen and oxygen atoms in total. The molecule has 1 aliphatic heterocycles. The average molecular weight is 508 g/mol. The van der Waals surface area contributed by atoms with Gasteiger partial charge in [0.2, 0.25) is 0 Å². The molecule has 0 saturated carbocycles. The molecule has 184 valence electrons. The van der Waals surface area contributed by atoms with Crippen molar-refractivity contribution in [1.82, 2.24) is 24.8 Å². The van der Waals surface area contributed by atoms with Crippen molar-refractivity contribution in [2.75, 3.05) is 0 Å². The summed E-state index contributed by atoms with van der Waals surface area (Å²) >= 11 is 5.76. The maximum atomic E-state index is 13.4. The van der Waals surface area contributed by atoms with Crippen LogP contribution in [0.25, 0.3) is 5.69 Å². The molecule has 0 spiro atoms. The van der Waals surface area contributed by atoms with E-state index in [0.717, 1.165) is 34.3 Å². The van der Waals surface area contributed by atoms with Gasteiger partial charge in [-0.25, -0.2) is 0 Å². The van der Waals surface area contributed by atoms with Crippen molar-refractivity contribution in [3.8, 4) is 5.69 Å². The van der Waals surface area contributed by atoms with Crippen LogP contribution in [0.2, 0.25) is 0 Å². The number of hydrogen-bond donors (Lipinski definition) is 1. The first-order valence-corrected chi connectivity index (χ1v) is 11.9. The fourth-order valence-electron chi connectivity index (χ4n) is 4.91. The molecule has 1 N–H and O–H groups in total. The molecule has 0 amide bonds. The zero-order valence-electron chi connectivity index (χ0n) is 19.7. The molecule has 2 atom stereocenters. The minimum atomic E-state index is -4.42. The molecule has 1 saturated heterocycles. The van der Waals surface area contributed by atoms with Crippen LogP contribution in [0.15, 0.2) is 79.3 Å². The third kappa shape index (κ3) is 4.46. The number of nitrogens with one attached hydrogen (secondary N) is 1. The van der Waals surface area contributed by atoms with Gasteiger partial charge in [0.05, 0.1) is 23.3 Å². The fraction of sp³-hybridized carbons (Fsp3) is 0.222. The summed E-state index contributed by atoms with van der Waals surface area (Å²) in [6, 6.07) is 16.6. The zero-order valence-corrected chi connectivity index (χ0v) is 20.5. The van der Waals surface area contributed by atoms with Crippen LogP contribution in [0.3, 0.4) is 0 Å². The predicted molar refractivity (Wildman–Crippen MR) is 135 cm³/mol. The lowest BCUT2D eigenvalue weighted by atomic mass is 9.96. The fourth-order valence-corrected chi connectivity index (χ4v) is 5.21. The smallest absolute Gasteiger partial charge is 0.352 e. The summed E-state index contributed by atoms with van der Waals surface area (Å²) in [5.41, 5.74) is 4.27. The summed E-state index contributed by atoms with van der Waals surface area (Å²) in [7, 11) is 0. The first-order chi connectivity index (χ1) is 17.2. The molecule has 4 aromatic rings. The number of rotatable bonds is 5. The highest BCUT2D eigenvalue weighted by Gasteiger charge is 2.41. The second-order valence-electron chi connectivity index (χ2n) is 8.83. The van der Waals surface area contributed by atoms with E-state index in [1.165, 1.54) is 12.1 Å². The van der Waals surface area contributed by atoms with Gasteiger partial charge in [0.15, 0.2) is 5.11 Å². The number of thiocarbonyl (C=S) groups is 1. The Bertz CT molecular complexity index is 1390. The Morgan fingerprint density at radius 1 is 1.00 bits per heavy atom. The minimum Gasteiger partial charge on any atom is -0.352 e. The van der Waals surface area contributed by atoms with Gasteiger partial charge in [0.1, 0.15) is 0 Å². The third-order valence-corrected chi connectivity index (χ3v) is 6.85. The van der Waals surface area contributed by atoms with Crippen molar-refractivity contribution in [2.24, 2.45) is 0 Å². The van der Waals surface area contributed by atoms with E-state index in [1.54, 1.807) is 24.7 Å². The average Bonchev–Trinajstić information content (AvgIpc) is 3.34. The van der Waals surface area contributed by atoms with Gasteiger partial charge in [-0.2, -0.15) is 13.2 Å². The Balaban J connectivity index is 1.62. The van der Waals surface area contributed by atoms with Gasteiger partial charge in [0.25, 0.3) is 0 Å². The van der Waals surface area contributed by atoms with Crippen molar-refractivity contribution in [3.05, 3.63) is 113 Å². The zero-order chi connectivity index (χ0) is 25.4. The van der Waals surface area contributed by atoms with E-state index in [0.29, 0.717) is 17.3 Å². The molecule has 36 heavy (non-hydrogen) atoms. The van der Waals surface area contributed by atoms with E-state index in [9.17, 15) is 13.2 Å². The summed E-state index contributed by atoms with van der Waals surface area (Å²) in [5.74, 6) is 0. The highest BCUT2D eigenvalue weighted by Crippen LogP contribution is 2.42. The van der Waals surface area contributed by atoms with Gasteiger partial charge in [-0.05, 0) is 79.7 Å². The second kappa shape index (κ2) is 9.39. The molecular weight excluding hydrogens is 483 g/mol. The van der Waals surface area contributed by atoms with Gasteiger partial charge in [-0.1, -0.05) is 18.2 Å². The van der Waals surface area contributed by atoms with E-state index in [-0.39, 0.29) is 12.1 Å². The van der Waals surface area contributed by atoms with Gasteiger partial charge in [-0.15, -0.1) is 0 Å². The van der Waals surface area contributed by atoms with E-state index in [2.05, 4.69) is 20.2 Å². The van der Waals surface area contributed by atoms with Crippen molar-refractivity contribution in [2.45, 2.75) is 38.7 Å². The van der Waals surface area contributed by atoms with Crippen LogP contribution < -0.4 is 5.32 Å². The normalized spacial score (nSPS) is 17.9. The Labute approximate surface area is 212 Å². The number of alkyl halides is 3. The minimum absolute atomic E-state index is 0.224. The highest BCUT2D eigenvalue weighted by molar-refractivity contribution is 7.80. The molecule has 4 heterocycles. The monoisotopic (exact) mass is 507 g/mol. The first kappa shape index (κ1) is 24.0. The highest BCUT2D eigenvalue weighted by atomic mass is 32.1. The number of halogens is 3. The van der Waals surface area contributed by atoms with Gasteiger partial charge in [-0.3, -0.25) is 9.97 Å². The number of nitrogens with zero attached hydrogens (tertiary/aromatic N) is 4. The van der Waals surface area contributed by atoms with Crippen LogP contribution in [-0.4, -0.2) is 24.5 Å². The van der Waals surface area contributed by atoms with E-state index < -0.39 is 11.7 Å². The van der Waals surface area contributed by atoms with Crippen molar-refractivity contribution in [3.63, 3.8) is 0 Å². The molecule has 3 aromatic heterocycles. The lowest BCUT2D eigenvalue weighted by Gasteiger charge is -2.28. The maximum Gasteiger partial charge on any atom is 0.416 e. The molecular formula is C27H24F3N5S. The number of aryl methyl sites for hydroxylation is 1. The summed E-state index contributed by atoms with van der Waals surface area (Å²) in [6.07, 6.45) is 0.855. The molecule has 9 heteroatoms. The standard InChI is InChI=1S/C27H24F3N5S/c1-17-13-22(18(2)35(17)21-9-5-8-20(14-21)27(28,29)30)25-24(23-10-3-4-12-32-23)33-26(36)34(25)16-19-7-6-11-31-15-19/h3-15,24-25H,16H2,1-2H3,(H,33,36)/t24-,25-/m0/s1. The lowest BCUT2D eigenvalue weighted by molar-refractivity contribution is -0.137. The Morgan fingerprint density at radius 2 is 1.83 bits per heavy atom. The maximum absolute atomic E-state index is 13.4. The largest absolute Gasteiger partial charge is 0.416 e. The molecule has 0 unspecified atom stereocenters. The Kier molecular flexibility index (Phi) is 6.26. The molecule has 1 fully saturated rings. The number of pyridine rings is 2. The molecule has 0 bridgehead atoms. The van der Waals surface area contributed by atoms with Crippen LogP contribution in [0.5, 0.6) is 0 Å². The van der Waals surface area contributed by atoms with Crippen molar-refractivity contribution >= 4 is 17.3 Å².